The molecule has 4 rings (SSSR count). The van der Waals surface area contributed by atoms with Gasteiger partial charge < -0.3 is 15.2 Å². The first kappa shape index (κ1) is 17.5. The van der Waals surface area contributed by atoms with E-state index in [2.05, 4.69) is 9.97 Å². The number of nitrogens with one attached hydrogen (secondary N) is 1. The number of nitrogens with zero attached hydrogens (tertiary/aromatic N) is 2. The predicted octanol–water partition coefficient (Wildman–Crippen LogP) is 4.15. The Balaban J connectivity index is 1.50. The van der Waals surface area contributed by atoms with E-state index in [9.17, 15) is 0 Å². The lowest BCUT2D eigenvalue weighted by molar-refractivity contribution is 0.306. The number of ether oxygens (including phenoxy) is 2. The monoisotopic (exact) mass is 370 g/mol. The highest BCUT2D eigenvalue weighted by atomic mass is 16.5. The highest BCUT2D eigenvalue weighted by Gasteiger charge is 2.06. The Morgan fingerprint density at radius 3 is 2.43 bits per heavy atom. The predicted molar refractivity (Wildman–Crippen MR) is 108 cm³/mol. The fraction of sp³-hybridized carbons (Fsp3) is 0.0455. The molecule has 0 atom stereocenters. The second-order valence-corrected chi connectivity index (χ2v) is 6.18. The van der Waals surface area contributed by atoms with Gasteiger partial charge in [-0.25, -0.2) is 9.97 Å². The number of fused-ring (bicyclic) bond motifs is 1. The van der Waals surface area contributed by atoms with E-state index < -0.39 is 0 Å². The number of nitrogens with two attached hydrogens (primary N) is 1. The normalized spacial score (nSPS) is 10.6. The maximum Gasteiger partial charge on any atom is 0.284 e. The summed E-state index contributed by atoms with van der Waals surface area (Å²) in [6, 6.07) is 22.7. The van der Waals surface area contributed by atoms with Gasteiger partial charge >= 0.3 is 0 Å². The summed E-state index contributed by atoms with van der Waals surface area (Å²) in [5.41, 5.74) is 8.06. The summed E-state index contributed by atoms with van der Waals surface area (Å²) in [7, 11) is 0. The third kappa shape index (κ3) is 4.07. The largest absolute Gasteiger partial charge is 0.489 e. The molecule has 0 unspecified atom stereocenters. The first-order chi connectivity index (χ1) is 13.7. The molecule has 4 aromatic rings. The molecule has 0 aliphatic rings. The van der Waals surface area contributed by atoms with Crippen LogP contribution in [0.25, 0.3) is 22.3 Å². The van der Waals surface area contributed by atoms with Crippen molar-refractivity contribution in [3.8, 4) is 22.9 Å². The molecule has 0 amide bonds. The minimum absolute atomic E-state index is 0.355. The zero-order valence-corrected chi connectivity index (χ0v) is 15.0. The minimum atomic E-state index is -0.355. The molecule has 138 valence electrons. The van der Waals surface area contributed by atoms with Crippen molar-refractivity contribution in [1.29, 1.82) is 5.41 Å². The summed E-state index contributed by atoms with van der Waals surface area (Å²) >= 11 is 0. The number of benzene rings is 3. The van der Waals surface area contributed by atoms with Gasteiger partial charge in [0, 0.05) is 17.1 Å². The summed E-state index contributed by atoms with van der Waals surface area (Å²) in [4.78, 5) is 9.02. The van der Waals surface area contributed by atoms with Crippen molar-refractivity contribution in [1.82, 2.24) is 9.97 Å². The minimum Gasteiger partial charge on any atom is -0.489 e. The number of hydrogen-bond donors (Lipinski definition) is 2. The van der Waals surface area contributed by atoms with E-state index in [0.717, 1.165) is 27.8 Å². The van der Waals surface area contributed by atoms with Crippen LogP contribution in [0.4, 0.5) is 0 Å². The van der Waals surface area contributed by atoms with Crippen molar-refractivity contribution in [3.05, 3.63) is 84.6 Å². The molecule has 0 aliphatic carbocycles. The Kier molecular flexibility index (Phi) is 4.84. The smallest absolute Gasteiger partial charge is 0.284 e. The van der Waals surface area contributed by atoms with Crippen molar-refractivity contribution < 1.29 is 9.47 Å². The van der Waals surface area contributed by atoms with Gasteiger partial charge in [-0.05, 0) is 48.0 Å². The Bertz CT molecular complexity index is 1110. The summed E-state index contributed by atoms with van der Waals surface area (Å²) in [5.74, 6) is 1.90. The molecular weight excluding hydrogens is 352 g/mol. The fourth-order valence-corrected chi connectivity index (χ4v) is 2.78. The second-order valence-electron chi connectivity index (χ2n) is 6.18. The molecule has 6 nitrogen and oxygen atoms in total. The third-order valence-corrected chi connectivity index (χ3v) is 4.14. The van der Waals surface area contributed by atoms with Gasteiger partial charge in [0.1, 0.15) is 18.1 Å². The van der Waals surface area contributed by atoms with E-state index in [1.807, 2.05) is 60.7 Å². The van der Waals surface area contributed by atoms with Gasteiger partial charge in [-0.15, -0.1) is 0 Å². The molecular formula is C22H18N4O2. The fourth-order valence-electron chi connectivity index (χ4n) is 2.78. The van der Waals surface area contributed by atoms with Crippen LogP contribution in [0.15, 0.2) is 79.0 Å². The van der Waals surface area contributed by atoms with Crippen LogP contribution in [0.2, 0.25) is 0 Å². The number of aromatic nitrogens is 2. The highest BCUT2D eigenvalue weighted by molar-refractivity contribution is 5.82. The van der Waals surface area contributed by atoms with E-state index in [4.69, 9.17) is 20.6 Å². The molecule has 6 heteroatoms. The van der Waals surface area contributed by atoms with Crippen molar-refractivity contribution in [2.45, 2.75) is 6.61 Å². The van der Waals surface area contributed by atoms with E-state index in [1.165, 1.54) is 0 Å². The molecule has 0 bridgehead atoms. The third-order valence-electron chi connectivity index (χ3n) is 4.14. The average Bonchev–Trinajstić information content (AvgIpc) is 2.72. The Hall–Kier alpha value is -3.93. The van der Waals surface area contributed by atoms with Crippen molar-refractivity contribution in [2.24, 2.45) is 5.73 Å². The lowest BCUT2D eigenvalue weighted by atomic mass is 10.2. The van der Waals surface area contributed by atoms with Crippen molar-refractivity contribution in [2.75, 3.05) is 0 Å². The van der Waals surface area contributed by atoms with Crippen LogP contribution >= 0.6 is 0 Å². The van der Waals surface area contributed by atoms with E-state index in [1.54, 1.807) is 18.3 Å². The molecule has 28 heavy (non-hydrogen) atoms. The summed E-state index contributed by atoms with van der Waals surface area (Å²) < 4.78 is 10.9. The molecule has 0 spiro atoms. The lowest BCUT2D eigenvalue weighted by Gasteiger charge is -2.08. The highest BCUT2D eigenvalue weighted by Crippen LogP contribution is 2.24. The van der Waals surface area contributed by atoms with Gasteiger partial charge in [-0.2, -0.15) is 0 Å². The van der Waals surface area contributed by atoms with Crippen LogP contribution in [0.1, 0.15) is 5.56 Å². The van der Waals surface area contributed by atoms with Crippen molar-refractivity contribution >= 4 is 16.9 Å². The molecule has 0 fully saturated rings. The number of rotatable bonds is 5. The molecule has 1 aromatic heterocycles. The molecule has 0 saturated carbocycles. The quantitative estimate of drug-likeness (QED) is 0.407. The molecule has 0 aliphatic heterocycles. The summed E-state index contributed by atoms with van der Waals surface area (Å²) in [5, 5.41) is 8.01. The van der Waals surface area contributed by atoms with Gasteiger partial charge in [0.15, 0.2) is 5.82 Å². The average molecular weight is 370 g/mol. The molecule has 0 radical (unpaired) electrons. The summed E-state index contributed by atoms with van der Waals surface area (Å²) in [6.45, 7) is 0.525. The topological polar surface area (TPSA) is 94.1 Å². The van der Waals surface area contributed by atoms with Crippen molar-refractivity contribution in [3.63, 3.8) is 0 Å². The van der Waals surface area contributed by atoms with Crippen LogP contribution < -0.4 is 15.2 Å². The number of hydrogen-bond acceptors (Lipinski definition) is 5. The molecule has 3 aromatic carbocycles. The Morgan fingerprint density at radius 1 is 0.929 bits per heavy atom. The van der Waals surface area contributed by atoms with Crippen LogP contribution in [0.3, 0.4) is 0 Å². The van der Waals surface area contributed by atoms with Crippen LogP contribution in [-0.4, -0.2) is 16.0 Å². The van der Waals surface area contributed by atoms with Gasteiger partial charge in [-0.1, -0.05) is 30.3 Å². The Morgan fingerprint density at radius 2 is 1.68 bits per heavy atom. The van der Waals surface area contributed by atoms with Crippen LogP contribution in [-0.2, 0) is 6.61 Å². The van der Waals surface area contributed by atoms with Gasteiger partial charge in [-0.3, -0.25) is 5.41 Å². The maximum atomic E-state index is 7.20. The van der Waals surface area contributed by atoms with E-state index in [-0.39, 0.29) is 6.02 Å². The maximum absolute atomic E-state index is 7.20. The Labute approximate surface area is 162 Å². The zero-order valence-electron chi connectivity index (χ0n) is 15.0. The zero-order chi connectivity index (χ0) is 19.3. The SMILES string of the molecule is N=C(N)Oc1ccc2nc(-c3ccc(OCc4ccccc4)cc3)ncc2c1. The van der Waals surface area contributed by atoms with Crippen LogP contribution in [0, 0.1) is 5.41 Å². The van der Waals surface area contributed by atoms with Gasteiger partial charge in [0.25, 0.3) is 6.02 Å². The molecule has 3 N–H and O–H groups in total. The molecule has 1 heterocycles. The van der Waals surface area contributed by atoms with E-state index in [0.29, 0.717) is 18.2 Å². The molecule has 0 saturated heterocycles. The van der Waals surface area contributed by atoms with E-state index >= 15 is 0 Å². The summed E-state index contributed by atoms with van der Waals surface area (Å²) in [6.07, 6.45) is 1.73. The standard InChI is InChI=1S/C22H18N4O2/c23-22(24)28-19-10-11-20-17(12-19)13-25-21(26-20)16-6-8-18(9-7-16)27-14-15-4-2-1-3-5-15/h1-13H,14H2,(H3,23,24). The second kappa shape index (κ2) is 7.75. The number of amidine groups is 1. The van der Waals surface area contributed by atoms with Crippen LogP contribution in [0.5, 0.6) is 11.5 Å². The first-order valence-electron chi connectivity index (χ1n) is 8.73. The lowest BCUT2D eigenvalue weighted by Crippen LogP contribution is -2.17. The van der Waals surface area contributed by atoms with Gasteiger partial charge in [0.05, 0.1) is 5.52 Å². The van der Waals surface area contributed by atoms with Gasteiger partial charge in [0.2, 0.25) is 0 Å². The first-order valence-corrected chi connectivity index (χ1v) is 8.73.